The minimum atomic E-state index is -0.833. The van der Waals surface area contributed by atoms with Crippen LogP contribution < -0.4 is 0 Å². The van der Waals surface area contributed by atoms with Crippen LogP contribution in [0.25, 0.3) is 0 Å². The number of hydrogen-bond donors (Lipinski definition) is 1. The highest BCUT2D eigenvalue weighted by Crippen LogP contribution is 2.51. The van der Waals surface area contributed by atoms with E-state index in [1.165, 1.54) is 25.7 Å². The van der Waals surface area contributed by atoms with Gasteiger partial charge in [0.1, 0.15) is 0 Å². The summed E-state index contributed by atoms with van der Waals surface area (Å²) in [5.74, 6) is 0.791. The number of fused-ring (bicyclic) bond motifs is 1. The zero-order chi connectivity index (χ0) is 19.8. The average Bonchev–Trinajstić information content (AvgIpc) is 2.59. The molecule has 2 aliphatic rings. The molecule has 0 aliphatic heterocycles. The fourth-order valence-corrected chi connectivity index (χ4v) is 3.55. The van der Waals surface area contributed by atoms with Gasteiger partial charge in [0, 0.05) is 6.92 Å². The van der Waals surface area contributed by atoms with E-state index in [-0.39, 0.29) is 0 Å². The zero-order valence-corrected chi connectivity index (χ0v) is 17.2. The van der Waals surface area contributed by atoms with Gasteiger partial charge in [0.25, 0.3) is 5.97 Å². The minimum Gasteiger partial charge on any atom is -0.481 e. The number of hydrogen-bond acceptors (Lipinski definition) is 1. The van der Waals surface area contributed by atoms with Crippen LogP contribution >= 0.6 is 0 Å². The van der Waals surface area contributed by atoms with Gasteiger partial charge in [-0.15, -0.1) is 12.8 Å². The van der Waals surface area contributed by atoms with Crippen LogP contribution in [0.3, 0.4) is 0 Å². The van der Waals surface area contributed by atoms with Crippen LogP contribution in [0.4, 0.5) is 0 Å². The maximum Gasteiger partial charge on any atom is 0.300 e. The first kappa shape index (κ1) is 27.4. The van der Waals surface area contributed by atoms with Crippen LogP contribution in [-0.4, -0.2) is 11.1 Å². The lowest BCUT2D eigenvalue weighted by molar-refractivity contribution is -0.134. The molecule has 0 saturated heterocycles. The number of carboxylic acid groups (broad SMARTS) is 1. The average molecular weight is 337 g/mol. The molecule has 0 saturated carbocycles. The smallest absolute Gasteiger partial charge is 0.300 e. The third-order valence-corrected chi connectivity index (χ3v) is 4.40. The van der Waals surface area contributed by atoms with E-state index in [0.717, 1.165) is 18.8 Å². The Labute approximate surface area is 151 Å². The van der Waals surface area contributed by atoms with E-state index in [1.54, 1.807) is 5.57 Å². The Balaban J connectivity index is -0.000000375. The summed E-state index contributed by atoms with van der Waals surface area (Å²) in [6.07, 6.45) is 20.7. The first-order valence-corrected chi connectivity index (χ1v) is 9.33. The molecule has 0 amide bonds. The number of aliphatic carboxylic acids is 1. The van der Waals surface area contributed by atoms with Gasteiger partial charge in [-0.1, -0.05) is 73.1 Å². The zero-order valence-electron chi connectivity index (χ0n) is 17.2. The Morgan fingerprint density at radius 2 is 1.75 bits per heavy atom. The molecule has 2 aliphatic carbocycles. The summed E-state index contributed by atoms with van der Waals surface area (Å²) in [6.45, 7) is 16.3. The van der Waals surface area contributed by atoms with Crippen molar-refractivity contribution < 1.29 is 9.90 Å². The highest BCUT2D eigenvalue weighted by Gasteiger charge is 2.40. The molecule has 0 radical (unpaired) electrons. The van der Waals surface area contributed by atoms with E-state index in [1.807, 2.05) is 27.7 Å². The van der Waals surface area contributed by atoms with Crippen molar-refractivity contribution in [3.63, 3.8) is 0 Å². The second kappa shape index (κ2) is 16.4. The van der Waals surface area contributed by atoms with Crippen molar-refractivity contribution in [3.05, 3.63) is 23.8 Å². The number of rotatable bonds is 1. The fraction of sp³-hybridized carbons (Fsp3) is 0.682. The summed E-state index contributed by atoms with van der Waals surface area (Å²) in [6, 6.07) is 0. The van der Waals surface area contributed by atoms with Gasteiger partial charge >= 0.3 is 0 Å². The standard InChI is InChI=1S/C14H22.C2H4O2.2C2H6.C2H2/c1-4-13-11(2)8-9-12-7-5-6-10-14(12,13)3;1-2(3)4;3*1-2/h7-9,11,13H,4-6,10H2,1-3H3;1H3,(H,3,4);2*1-2H3;1-2H/t11-,13-,14-;;;;/m0..../s1. The Hall–Kier alpha value is -1.49. The van der Waals surface area contributed by atoms with Crippen LogP contribution in [0.2, 0.25) is 0 Å². The van der Waals surface area contributed by atoms with E-state index in [9.17, 15) is 0 Å². The second-order valence-electron chi connectivity index (χ2n) is 5.72. The molecule has 0 spiro atoms. The van der Waals surface area contributed by atoms with Gasteiger partial charge in [-0.25, -0.2) is 0 Å². The summed E-state index contributed by atoms with van der Waals surface area (Å²) in [7, 11) is 0. The highest BCUT2D eigenvalue weighted by molar-refractivity contribution is 5.62. The van der Waals surface area contributed by atoms with Crippen LogP contribution in [0.1, 0.15) is 81.1 Å². The van der Waals surface area contributed by atoms with Gasteiger partial charge in [0.05, 0.1) is 0 Å². The summed E-state index contributed by atoms with van der Waals surface area (Å²) >= 11 is 0. The van der Waals surface area contributed by atoms with Gasteiger partial charge in [-0.3, -0.25) is 4.79 Å². The molecule has 0 bridgehead atoms. The normalized spacial score (nSPS) is 26.0. The lowest BCUT2D eigenvalue weighted by Gasteiger charge is -2.46. The van der Waals surface area contributed by atoms with E-state index in [0.29, 0.717) is 5.41 Å². The van der Waals surface area contributed by atoms with Gasteiger partial charge in [0.15, 0.2) is 0 Å². The molecule has 0 aromatic carbocycles. The lowest BCUT2D eigenvalue weighted by atomic mass is 9.59. The molecular formula is C22H40O2. The lowest BCUT2D eigenvalue weighted by Crippen LogP contribution is -2.36. The van der Waals surface area contributed by atoms with Crippen molar-refractivity contribution in [2.24, 2.45) is 17.3 Å². The Bertz CT molecular complexity index is 386. The number of carbonyl (C=O) groups is 1. The minimum absolute atomic E-state index is 0.487. The summed E-state index contributed by atoms with van der Waals surface area (Å²) in [5.41, 5.74) is 2.11. The quantitative estimate of drug-likeness (QED) is 0.539. The van der Waals surface area contributed by atoms with Crippen molar-refractivity contribution in [2.75, 3.05) is 0 Å². The first-order chi connectivity index (χ1) is 11.4. The Kier molecular flexibility index (Phi) is 18.7. The Morgan fingerprint density at radius 1 is 1.29 bits per heavy atom. The number of carboxylic acids is 1. The fourth-order valence-electron chi connectivity index (χ4n) is 3.55. The maximum atomic E-state index is 9.00. The van der Waals surface area contributed by atoms with Crippen LogP contribution in [0.15, 0.2) is 23.8 Å². The molecule has 1 N–H and O–H groups in total. The van der Waals surface area contributed by atoms with Crippen LogP contribution in [-0.2, 0) is 4.79 Å². The second-order valence-corrected chi connectivity index (χ2v) is 5.72. The van der Waals surface area contributed by atoms with E-state index < -0.39 is 5.97 Å². The maximum absolute atomic E-state index is 9.00. The number of allylic oxidation sites excluding steroid dienone is 4. The van der Waals surface area contributed by atoms with Crippen molar-refractivity contribution in [1.82, 2.24) is 0 Å². The predicted octanol–water partition coefficient (Wildman–Crippen LogP) is 6.73. The molecule has 0 unspecified atom stereocenters. The molecule has 2 heteroatoms. The van der Waals surface area contributed by atoms with Crippen LogP contribution in [0, 0.1) is 30.1 Å². The molecule has 2 rings (SSSR count). The molecule has 0 aromatic rings. The van der Waals surface area contributed by atoms with Crippen molar-refractivity contribution in [1.29, 1.82) is 0 Å². The molecule has 2 nitrogen and oxygen atoms in total. The van der Waals surface area contributed by atoms with Gasteiger partial charge in [-0.2, -0.15) is 0 Å². The first-order valence-electron chi connectivity index (χ1n) is 9.33. The molecule has 24 heavy (non-hydrogen) atoms. The van der Waals surface area contributed by atoms with E-state index >= 15 is 0 Å². The van der Waals surface area contributed by atoms with E-state index in [2.05, 4.69) is 51.8 Å². The molecule has 0 heterocycles. The molecule has 0 fully saturated rings. The van der Waals surface area contributed by atoms with Crippen molar-refractivity contribution in [3.8, 4) is 12.8 Å². The third kappa shape index (κ3) is 8.96. The van der Waals surface area contributed by atoms with Crippen molar-refractivity contribution >= 4 is 5.97 Å². The number of terminal acetylenes is 1. The molecule has 0 aromatic heterocycles. The van der Waals surface area contributed by atoms with Gasteiger partial charge in [0.2, 0.25) is 0 Å². The van der Waals surface area contributed by atoms with Crippen molar-refractivity contribution in [2.45, 2.75) is 81.1 Å². The van der Waals surface area contributed by atoms with Gasteiger partial charge in [-0.05, 0) is 42.1 Å². The summed E-state index contributed by atoms with van der Waals surface area (Å²) in [5, 5.41) is 7.42. The third-order valence-electron chi connectivity index (χ3n) is 4.40. The molecule has 3 atom stereocenters. The molecule has 140 valence electrons. The van der Waals surface area contributed by atoms with Crippen LogP contribution in [0.5, 0.6) is 0 Å². The monoisotopic (exact) mass is 336 g/mol. The van der Waals surface area contributed by atoms with E-state index in [4.69, 9.17) is 9.90 Å². The molecular weight excluding hydrogens is 296 g/mol. The largest absolute Gasteiger partial charge is 0.481 e. The Morgan fingerprint density at radius 3 is 2.17 bits per heavy atom. The van der Waals surface area contributed by atoms with Gasteiger partial charge < -0.3 is 5.11 Å². The highest BCUT2D eigenvalue weighted by atomic mass is 16.4. The predicted molar refractivity (Wildman–Crippen MR) is 108 cm³/mol. The SMILES string of the molecule is C#C.CC.CC.CC(=O)O.CC[C@H]1[C@@H](C)C=CC2=CCCC[C@@]21C. The topological polar surface area (TPSA) is 37.3 Å². The summed E-state index contributed by atoms with van der Waals surface area (Å²) < 4.78 is 0. The summed E-state index contributed by atoms with van der Waals surface area (Å²) in [4.78, 5) is 9.00.